The number of halogens is 1. The Morgan fingerprint density at radius 3 is 2.64 bits per heavy atom. The van der Waals surface area contributed by atoms with Crippen LogP contribution in [0.2, 0.25) is 0 Å². The summed E-state index contributed by atoms with van der Waals surface area (Å²) in [5, 5.41) is 4.33. The molecule has 1 fully saturated rings. The highest BCUT2D eigenvalue weighted by molar-refractivity contribution is 6.06. The number of nitrogens with zero attached hydrogens (tertiary/aromatic N) is 1. The largest absolute Gasteiger partial charge is 0.387 e. The van der Waals surface area contributed by atoms with Gasteiger partial charge in [-0.2, -0.15) is 0 Å². The third-order valence-electron chi connectivity index (χ3n) is 6.36. The summed E-state index contributed by atoms with van der Waals surface area (Å²) in [7, 11) is 0. The second-order valence-electron chi connectivity index (χ2n) is 8.89. The average molecular weight is 444 g/mol. The second-order valence-corrected chi connectivity index (χ2v) is 8.89. The van der Waals surface area contributed by atoms with Crippen LogP contribution in [0.1, 0.15) is 52.4 Å². The Bertz CT molecular complexity index is 1200. The topological polar surface area (TPSA) is 47.9 Å². The lowest BCUT2D eigenvalue weighted by Crippen LogP contribution is -2.10. The quantitative estimate of drug-likeness (QED) is 0.422. The predicted octanol–water partition coefficient (Wildman–Crippen LogP) is 6.28. The van der Waals surface area contributed by atoms with Gasteiger partial charge in [0.1, 0.15) is 5.82 Å². The number of Topliss-reactive ketones (excluding diaryl/α,β-unsaturated/α-hetero) is 1. The molecule has 5 heteroatoms. The van der Waals surface area contributed by atoms with Crippen molar-refractivity contribution in [2.45, 2.75) is 32.3 Å². The van der Waals surface area contributed by atoms with Gasteiger partial charge in [0.25, 0.3) is 0 Å². The summed E-state index contributed by atoms with van der Waals surface area (Å²) < 4.78 is 20.3. The van der Waals surface area contributed by atoms with E-state index >= 15 is 0 Å². The van der Waals surface area contributed by atoms with E-state index in [1.54, 1.807) is 12.1 Å². The van der Waals surface area contributed by atoms with Crippen molar-refractivity contribution in [2.24, 2.45) is 11.1 Å². The first-order valence-electron chi connectivity index (χ1n) is 11.4. The van der Waals surface area contributed by atoms with Gasteiger partial charge in [0, 0.05) is 42.7 Å². The number of ketones is 1. The van der Waals surface area contributed by atoms with E-state index < -0.39 is 0 Å². The minimum Gasteiger partial charge on any atom is -0.387 e. The van der Waals surface area contributed by atoms with Crippen molar-refractivity contribution >= 4 is 11.5 Å². The molecule has 5 rings (SSSR count). The molecule has 1 saturated heterocycles. The van der Waals surface area contributed by atoms with Gasteiger partial charge in [-0.25, -0.2) is 4.39 Å². The zero-order chi connectivity index (χ0) is 22.8. The monoisotopic (exact) mass is 443 g/mol. The van der Waals surface area contributed by atoms with Crippen LogP contribution in [0.3, 0.4) is 0 Å². The van der Waals surface area contributed by atoms with Crippen LogP contribution in [-0.2, 0) is 9.57 Å². The molecule has 2 heterocycles. The lowest BCUT2D eigenvalue weighted by atomic mass is 9.91. The van der Waals surface area contributed by atoms with E-state index in [1.807, 2.05) is 55.5 Å². The van der Waals surface area contributed by atoms with Gasteiger partial charge in [-0.3, -0.25) is 4.79 Å². The molecule has 3 aromatic rings. The van der Waals surface area contributed by atoms with E-state index in [2.05, 4.69) is 5.16 Å². The summed E-state index contributed by atoms with van der Waals surface area (Å²) in [6, 6.07) is 20.7. The fourth-order valence-electron chi connectivity index (χ4n) is 4.48. The van der Waals surface area contributed by atoms with Gasteiger partial charge in [0.05, 0.1) is 5.71 Å². The maximum Gasteiger partial charge on any atom is 0.163 e. The van der Waals surface area contributed by atoms with Crippen LogP contribution in [0.5, 0.6) is 0 Å². The maximum absolute atomic E-state index is 14.8. The number of aryl methyl sites for hydroxylation is 1. The first-order valence-corrected chi connectivity index (χ1v) is 11.4. The number of oxime groups is 1. The van der Waals surface area contributed by atoms with Gasteiger partial charge in [-0.15, -0.1) is 0 Å². The Morgan fingerprint density at radius 1 is 1.06 bits per heavy atom. The minimum atomic E-state index is -0.304. The summed E-state index contributed by atoms with van der Waals surface area (Å²) >= 11 is 0. The zero-order valence-corrected chi connectivity index (χ0v) is 18.6. The summed E-state index contributed by atoms with van der Waals surface area (Å²) in [5.74, 6) is -0.0305. The molecule has 0 aliphatic carbocycles. The Hall–Kier alpha value is -3.31. The number of benzene rings is 3. The molecule has 0 saturated carbocycles. The summed E-state index contributed by atoms with van der Waals surface area (Å²) in [4.78, 5) is 18.9. The molecule has 0 spiro atoms. The Kier molecular flexibility index (Phi) is 6.05. The Balaban J connectivity index is 1.49. The second kappa shape index (κ2) is 9.28. The van der Waals surface area contributed by atoms with E-state index in [9.17, 15) is 9.18 Å². The van der Waals surface area contributed by atoms with Crippen molar-refractivity contribution in [2.75, 3.05) is 13.2 Å². The van der Waals surface area contributed by atoms with Crippen LogP contribution in [0.4, 0.5) is 4.39 Å². The third-order valence-corrected chi connectivity index (χ3v) is 6.36. The molecule has 2 atom stereocenters. The zero-order valence-electron chi connectivity index (χ0n) is 18.6. The van der Waals surface area contributed by atoms with Crippen molar-refractivity contribution in [1.82, 2.24) is 0 Å². The molecule has 2 unspecified atom stereocenters. The molecule has 0 N–H and O–H groups in total. The molecule has 3 aromatic carbocycles. The molecule has 0 radical (unpaired) electrons. The predicted molar refractivity (Wildman–Crippen MR) is 126 cm³/mol. The van der Waals surface area contributed by atoms with E-state index in [-0.39, 0.29) is 23.6 Å². The van der Waals surface area contributed by atoms with E-state index in [0.29, 0.717) is 42.7 Å². The summed E-state index contributed by atoms with van der Waals surface area (Å²) in [5.41, 5.74) is 5.16. The van der Waals surface area contributed by atoms with Crippen LogP contribution in [0.15, 0.2) is 71.9 Å². The minimum absolute atomic E-state index is 0.0419. The number of carbonyl (C=O) groups excluding carboxylic acids is 1. The average Bonchev–Trinajstić information content (AvgIpc) is 3.52. The van der Waals surface area contributed by atoms with E-state index in [1.165, 1.54) is 6.07 Å². The van der Waals surface area contributed by atoms with Crippen molar-refractivity contribution < 1.29 is 18.8 Å². The standard InChI is InChI=1S/C28H26FNO3/c1-18-7-8-24(25(29)11-18)21-13-22(15-23(14-21)27(31)12-19-9-10-32-17-19)26-16-28(33-30-26)20-5-3-2-4-6-20/h2-8,11,13-15,19,28H,9-10,12,16-17H2,1H3. The first-order chi connectivity index (χ1) is 16.1. The summed E-state index contributed by atoms with van der Waals surface area (Å²) in [6.07, 6.45) is 1.74. The van der Waals surface area contributed by atoms with E-state index in [4.69, 9.17) is 9.57 Å². The summed E-state index contributed by atoms with van der Waals surface area (Å²) in [6.45, 7) is 3.17. The van der Waals surface area contributed by atoms with Crippen molar-refractivity contribution in [3.05, 3.63) is 94.8 Å². The van der Waals surface area contributed by atoms with Crippen LogP contribution in [0, 0.1) is 18.7 Å². The first kappa shape index (κ1) is 21.5. The van der Waals surface area contributed by atoms with Gasteiger partial charge in [-0.1, -0.05) is 47.6 Å². The molecule has 0 amide bonds. The lowest BCUT2D eigenvalue weighted by Gasteiger charge is -2.12. The van der Waals surface area contributed by atoms with Crippen molar-refractivity contribution in [3.8, 4) is 11.1 Å². The fraction of sp³-hybridized carbons (Fsp3) is 0.286. The fourth-order valence-corrected chi connectivity index (χ4v) is 4.48. The van der Waals surface area contributed by atoms with Gasteiger partial charge in [-0.05, 0) is 60.2 Å². The normalized spacial score (nSPS) is 19.9. The SMILES string of the molecule is Cc1ccc(-c2cc(C(=O)CC3CCOC3)cc(C3=NOC(c4ccccc4)C3)c2)c(F)c1. The number of ether oxygens (including phenoxy) is 1. The number of rotatable bonds is 6. The number of hydrogen-bond donors (Lipinski definition) is 0. The van der Waals surface area contributed by atoms with Crippen molar-refractivity contribution in [1.29, 1.82) is 0 Å². The van der Waals surface area contributed by atoms with Crippen molar-refractivity contribution in [3.63, 3.8) is 0 Å². The molecular weight excluding hydrogens is 417 g/mol. The van der Waals surface area contributed by atoms with Gasteiger partial charge in [0.15, 0.2) is 11.9 Å². The molecule has 33 heavy (non-hydrogen) atoms. The maximum atomic E-state index is 14.8. The highest BCUT2D eigenvalue weighted by atomic mass is 19.1. The molecule has 4 nitrogen and oxygen atoms in total. The molecular formula is C28H26FNO3. The van der Waals surface area contributed by atoms with Crippen LogP contribution in [0.25, 0.3) is 11.1 Å². The van der Waals surface area contributed by atoms with E-state index in [0.717, 1.165) is 28.8 Å². The highest BCUT2D eigenvalue weighted by Gasteiger charge is 2.26. The lowest BCUT2D eigenvalue weighted by molar-refractivity contribution is 0.0857. The van der Waals surface area contributed by atoms with Gasteiger partial charge in [0.2, 0.25) is 0 Å². The smallest absolute Gasteiger partial charge is 0.163 e. The highest BCUT2D eigenvalue weighted by Crippen LogP contribution is 2.33. The molecule has 2 aliphatic rings. The van der Waals surface area contributed by atoms with Crippen LogP contribution >= 0.6 is 0 Å². The molecule has 2 aliphatic heterocycles. The Labute approximate surface area is 193 Å². The van der Waals surface area contributed by atoms with Gasteiger partial charge >= 0.3 is 0 Å². The molecule has 0 aromatic heterocycles. The molecule has 168 valence electrons. The third kappa shape index (κ3) is 4.74. The molecule has 0 bridgehead atoms. The number of carbonyl (C=O) groups is 1. The van der Waals surface area contributed by atoms with Crippen LogP contribution in [-0.4, -0.2) is 24.7 Å². The Morgan fingerprint density at radius 2 is 1.88 bits per heavy atom. The van der Waals surface area contributed by atoms with Gasteiger partial charge < -0.3 is 9.57 Å². The number of hydrogen-bond acceptors (Lipinski definition) is 4. The van der Waals surface area contributed by atoms with Crippen LogP contribution < -0.4 is 0 Å².